The summed E-state index contributed by atoms with van der Waals surface area (Å²) in [5, 5.41) is 0. The average Bonchev–Trinajstić information content (AvgIpc) is 2.57. The highest BCUT2D eigenvalue weighted by molar-refractivity contribution is 4.83. The minimum atomic E-state index is 0.946. The number of rotatable bonds is 1. The van der Waals surface area contributed by atoms with E-state index in [1.165, 1.54) is 51.6 Å². The fourth-order valence-electron chi connectivity index (χ4n) is 2.91. The fraction of sp³-hybridized carbons (Fsp3) is 1.00. The minimum absolute atomic E-state index is 0.946. The van der Waals surface area contributed by atoms with E-state index in [-0.39, 0.29) is 0 Å². The second kappa shape index (κ2) is 3.78. The first-order chi connectivity index (χ1) is 5.88. The van der Waals surface area contributed by atoms with Gasteiger partial charge in [-0.1, -0.05) is 19.8 Å². The van der Waals surface area contributed by atoms with Crippen molar-refractivity contribution in [3.05, 3.63) is 0 Å². The lowest BCUT2D eigenvalue weighted by molar-refractivity contribution is 0.138. The van der Waals surface area contributed by atoms with Crippen LogP contribution in [-0.2, 0) is 0 Å². The third-order valence-corrected chi connectivity index (χ3v) is 3.68. The SMILES string of the molecule is C[C@@H]1CCCCC1N1CCCC1. The Balaban J connectivity index is 1.91. The van der Waals surface area contributed by atoms with Gasteiger partial charge in [-0.2, -0.15) is 0 Å². The van der Waals surface area contributed by atoms with Gasteiger partial charge in [0, 0.05) is 6.04 Å². The summed E-state index contributed by atoms with van der Waals surface area (Å²) >= 11 is 0. The molecule has 0 spiro atoms. The zero-order valence-electron chi connectivity index (χ0n) is 8.26. The van der Waals surface area contributed by atoms with Gasteiger partial charge < -0.3 is 4.90 Å². The maximum Gasteiger partial charge on any atom is 0.0121 e. The van der Waals surface area contributed by atoms with Crippen molar-refractivity contribution in [3.63, 3.8) is 0 Å². The van der Waals surface area contributed by atoms with Gasteiger partial charge >= 0.3 is 0 Å². The lowest BCUT2D eigenvalue weighted by Gasteiger charge is -2.36. The van der Waals surface area contributed by atoms with E-state index in [1.807, 2.05) is 0 Å². The largest absolute Gasteiger partial charge is 0.300 e. The third kappa shape index (κ3) is 1.66. The minimum Gasteiger partial charge on any atom is -0.300 e. The molecular weight excluding hydrogens is 146 g/mol. The van der Waals surface area contributed by atoms with E-state index in [1.54, 1.807) is 0 Å². The molecule has 12 heavy (non-hydrogen) atoms. The molecule has 2 aliphatic rings. The Kier molecular flexibility index (Phi) is 2.69. The Morgan fingerprint density at radius 2 is 1.58 bits per heavy atom. The van der Waals surface area contributed by atoms with Crippen molar-refractivity contribution in [2.24, 2.45) is 5.92 Å². The van der Waals surface area contributed by atoms with Gasteiger partial charge in [0.1, 0.15) is 0 Å². The zero-order valence-corrected chi connectivity index (χ0v) is 8.26. The molecule has 1 aliphatic heterocycles. The maximum absolute atomic E-state index is 2.74. The second-order valence-electron chi connectivity index (χ2n) is 4.57. The van der Waals surface area contributed by atoms with Crippen molar-refractivity contribution in [3.8, 4) is 0 Å². The van der Waals surface area contributed by atoms with Gasteiger partial charge in [-0.15, -0.1) is 0 Å². The Hall–Kier alpha value is -0.0400. The molecule has 70 valence electrons. The molecular formula is C11H21N. The van der Waals surface area contributed by atoms with E-state index in [0.29, 0.717) is 0 Å². The van der Waals surface area contributed by atoms with E-state index in [9.17, 15) is 0 Å². The summed E-state index contributed by atoms with van der Waals surface area (Å²) in [5.74, 6) is 0.969. The highest BCUT2D eigenvalue weighted by atomic mass is 15.2. The molecule has 2 fully saturated rings. The van der Waals surface area contributed by atoms with Gasteiger partial charge in [0.15, 0.2) is 0 Å². The number of nitrogens with zero attached hydrogens (tertiary/aromatic N) is 1. The molecule has 2 rings (SSSR count). The lowest BCUT2D eigenvalue weighted by Crippen LogP contribution is -2.39. The fourth-order valence-corrected chi connectivity index (χ4v) is 2.91. The zero-order chi connectivity index (χ0) is 8.39. The predicted molar refractivity (Wildman–Crippen MR) is 52.2 cm³/mol. The highest BCUT2D eigenvalue weighted by Gasteiger charge is 2.28. The van der Waals surface area contributed by atoms with Gasteiger partial charge in [0.2, 0.25) is 0 Å². The third-order valence-electron chi connectivity index (χ3n) is 3.68. The van der Waals surface area contributed by atoms with Crippen molar-refractivity contribution in [1.29, 1.82) is 0 Å². The smallest absolute Gasteiger partial charge is 0.0121 e. The molecule has 0 aromatic heterocycles. The summed E-state index contributed by atoms with van der Waals surface area (Å²) in [6.45, 7) is 5.21. The molecule has 1 heterocycles. The van der Waals surface area contributed by atoms with Gasteiger partial charge in [-0.25, -0.2) is 0 Å². The van der Waals surface area contributed by atoms with Crippen LogP contribution in [0.2, 0.25) is 0 Å². The average molecular weight is 167 g/mol. The Morgan fingerprint density at radius 3 is 2.25 bits per heavy atom. The summed E-state index contributed by atoms with van der Waals surface area (Å²) in [4.78, 5) is 2.74. The van der Waals surface area contributed by atoms with Crippen LogP contribution in [-0.4, -0.2) is 24.0 Å². The van der Waals surface area contributed by atoms with Crippen molar-refractivity contribution in [2.75, 3.05) is 13.1 Å². The summed E-state index contributed by atoms with van der Waals surface area (Å²) in [6, 6.07) is 0.946. The van der Waals surface area contributed by atoms with Crippen LogP contribution in [0.1, 0.15) is 45.4 Å². The van der Waals surface area contributed by atoms with Gasteiger partial charge in [-0.05, 0) is 44.7 Å². The van der Waals surface area contributed by atoms with Gasteiger partial charge in [0.25, 0.3) is 0 Å². The molecule has 1 saturated carbocycles. The second-order valence-corrected chi connectivity index (χ2v) is 4.57. The molecule has 0 bridgehead atoms. The quantitative estimate of drug-likeness (QED) is 0.580. The van der Waals surface area contributed by atoms with Crippen LogP contribution in [0.3, 0.4) is 0 Å². The number of hydrogen-bond acceptors (Lipinski definition) is 1. The molecule has 1 unspecified atom stereocenters. The van der Waals surface area contributed by atoms with E-state index in [0.717, 1.165) is 12.0 Å². The first-order valence-electron chi connectivity index (χ1n) is 5.62. The highest BCUT2D eigenvalue weighted by Crippen LogP contribution is 2.29. The first-order valence-corrected chi connectivity index (χ1v) is 5.62. The monoisotopic (exact) mass is 167 g/mol. The summed E-state index contributed by atoms with van der Waals surface area (Å²) in [6.07, 6.45) is 8.80. The van der Waals surface area contributed by atoms with Crippen molar-refractivity contribution in [1.82, 2.24) is 4.90 Å². The Bertz CT molecular complexity index is 138. The van der Waals surface area contributed by atoms with E-state index in [4.69, 9.17) is 0 Å². The van der Waals surface area contributed by atoms with Gasteiger partial charge in [0.05, 0.1) is 0 Å². The summed E-state index contributed by atoms with van der Waals surface area (Å²) in [5.41, 5.74) is 0. The van der Waals surface area contributed by atoms with Crippen LogP contribution in [0.25, 0.3) is 0 Å². The standard InChI is InChI=1S/C11H21N/c1-10-6-2-3-7-11(10)12-8-4-5-9-12/h10-11H,2-9H2,1H3/t10-,11?/m1/s1. The van der Waals surface area contributed by atoms with Crippen molar-refractivity contribution < 1.29 is 0 Å². The van der Waals surface area contributed by atoms with Crippen molar-refractivity contribution in [2.45, 2.75) is 51.5 Å². The van der Waals surface area contributed by atoms with E-state index < -0.39 is 0 Å². The number of likely N-dealkylation sites (tertiary alicyclic amines) is 1. The van der Waals surface area contributed by atoms with Crippen LogP contribution in [0.5, 0.6) is 0 Å². The Morgan fingerprint density at radius 1 is 0.917 bits per heavy atom. The van der Waals surface area contributed by atoms with Crippen LogP contribution in [0.15, 0.2) is 0 Å². The molecule has 0 amide bonds. The molecule has 0 aromatic carbocycles. The van der Waals surface area contributed by atoms with Crippen LogP contribution in [0, 0.1) is 5.92 Å². The topological polar surface area (TPSA) is 3.24 Å². The first kappa shape index (κ1) is 8.55. The summed E-state index contributed by atoms with van der Waals surface area (Å²) < 4.78 is 0. The van der Waals surface area contributed by atoms with Crippen molar-refractivity contribution >= 4 is 0 Å². The normalized spacial score (nSPS) is 38.8. The molecule has 0 N–H and O–H groups in total. The molecule has 0 aromatic rings. The molecule has 1 heteroatoms. The van der Waals surface area contributed by atoms with E-state index >= 15 is 0 Å². The predicted octanol–water partition coefficient (Wildman–Crippen LogP) is 2.66. The summed E-state index contributed by atoms with van der Waals surface area (Å²) in [7, 11) is 0. The van der Waals surface area contributed by atoms with Gasteiger partial charge in [-0.3, -0.25) is 0 Å². The van der Waals surface area contributed by atoms with Crippen LogP contribution < -0.4 is 0 Å². The molecule has 2 atom stereocenters. The molecule has 0 radical (unpaired) electrons. The Labute approximate surface area is 76.1 Å². The van der Waals surface area contributed by atoms with Crippen LogP contribution >= 0.6 is 0 Å². The molecule has 1 nitrogen and oxygen atoms in total. The van der Waals surface area contributed by atoms with E-state index in [2.05, 4.69) is 11.8 Å². The molecule has 1 aliphatic carbocycles. The lowest BCUT2D eigenvalue weighted by atomic mass is 9.85. The maximum atomic E-state index is 2.74. The molecule has 1 saturated heterocycles. The van der Waals surface area contributed by atoms with Crippen LogP contribution in [0.4, 0.5) is 0 Å². The number of hydrogen-bond donors (Lipinski definition) is 0.